The van der Waals surface area contributed by atoms with Crippen molar-refractivity contribution in [2.45, 2.75) is 19.4 Å². The number of rotatable bonds is 7. The third-order valence-corrected chi connectivity index (χ3v) is 4.52. The van der Waals surface area contributed by atoms with Gasteiger partial charge in [0.1, 0.15) is 31.0 Å². The van der Waals surface area contributed by atoms with E-state index in [0.717, 1.165) is 10.5 Å². The van der Waals surface area contributed by atoms with Gasteiger partial charge >= 0.3 is 12.0 Å². The molecule has 7 heteroatoms. The fourth-order valence-electron chi connectivity index (χ4n) is 3.00. The van der Waals surface area contributed by atoms with Crippen LogP contribution in [0.25, 0.3) is 0 Å². The number of hydrogen-bond acceptors (Lipinski definition) is 5. The van der Waals surface area contributed by atoms with Gasteiger partial charge in [0.05, 0.1) is 0 Å². The lowest BCUT2D eigenvalue weighted by atomic mass is 9.92. The second-order valence-electron chi connectivity index (χ2n) is 6.70. The quantitative estimate of drug-likeness (QED) is 0.452. The number of nitrogens with zero attached hydrogens (tertiary/aromatic N) is 1. The summed E-state index contributed by atoms with van der Waals surface area (Å²) >= 11 is 0. The van der Waals surface area contributed by atoms with E-state index in [2.05, 4.69) is 5.32 Å². The van der Waals surface area contributed by atoms with E-state index in [1.807, 2.05) is 37.3 Å². The molecule has 28 heavy (non-hydrogen) atoms. The van der Waals surface area contributed by atoms with E-state index in [9.17, 15) is 14.4 Å². The van der Waals surface area contributed by atoms with Crippen LogP contribution in [0.3, 0.4) is 0 Å². The molecule has 1 atom stereocenters. The average molecular weight is 382 g/mol. The number of aryl methyl sites for hydroxylation is 1. The molecule has 2 aromatic rings. The SMILES string of the molecule is Cc1cccc(OCCOC(=O)CN2C(=O)N[C@](C)(c3ccccc3)C2=O)c1. The van der Waals surface area contributed by atoms with Crippen LogP contribution in [0.15, 0.2) is 54.6 Å². The Balaban J connectivity index is 1.51. The number of imide groups is 1. The van der Waals surface area contributed by atoms with E-state index in [0.29, 0.717) is 11.3 Å². The maximum Gasteiger partial charge on any atom is 0.326 e. The summed E-state index contributed by atoms with van der Waals surface area (Å²) in [6, 6.07) is 15.8. The van der Waals surface area contributed by atoms with Gasteiger partial charge in [0.2, 0.25) is 0 Å². The molecule has 1 aliphatic heterocycles. The van der Waals surface area contributed by atoms with Crippen LogP contribution >= 0.6 is 0 Å². The van der Waals surface area contributed by atoms with Gasteiger partial charge in [0, 0.05) is 0 Å². The van der Waals surface area contributed by atoms with Gasteiger partial charge in [0.25, 0.3) is 5.91 Å². The van der Waals surface area contributed by atoms with E-state index in [1.54, 1.807) is 31.2 Å². The summed E-state index contributed by atoms with van der Waals surface area (Å²) in [5, 5.41) is 2.65. The molecule has 0 aliphatic carbocycles. The number of carbonyl (C=O) groups excluding carboxylic acids is 3. The van der Waals surface area contributed by atoms with Crippen LogP contribution in [0, 0.1) is 6.92 Å². The molecule has 0 saturated carbocycles. The van der Waals surface area contributed by atoms with Crippen LogP contribution in [0.1, 0.15) is 18.1 Å². The zero-order valence-electron chi connectivity index (χ0n) is 15.8. The first-order chi connectivity index (χ1) is 13.4. The van der Waals surface area contributed by atoms with Crippen molar-refractivity contribution in [2.75, 3.05) is 19.8 Å². The Bertz CT molecular complexity index is 883. The summed E-state index contributed by atoms with van der Waals surface area (Å²) in [5.74, 6) is -0.478. The molecule has 7 nitrogen and oxygen atoms in total. The number of hydrogen-bond donors (Lipinski definition) is 1. The highest BCUT2D eigenvalue weighted by molar-refractivity contribution is 6.08. The van der Waals surface area contributed by atoms with Gasteiger partial charge in [-0.3, -0.25) is 14.5 Å². The number of benzene rings is 2. The van der Waals surface area contributed by atoms with E-state index < -0.39 is 30.0 Å². The highest BCUT2D eigenvalue weighted by atomic mass is 16.6. The fraction of sp³-hybridized carbons (Fsp3) is 0.286. The molecule has 3 rings (SSSR count). The highest BCUT2D eigenvalue weighted by Gasteiger charge is 2.49. The molecule has 146 valence electrons. The molecule has 1 fully saturated rings. The lowest BCUT2D eigenvalue weighted by Crippen LogP contribution is -2.41. The molecule has 1 heterocycles. The number of carbonyl (C=O) groups is 3. The smallest absolute Gasteiger partial charge is 0.326 e. The van der Waals surface area contributed by atoms with Crippen molar-refractivity contribution in [3.05, 3.63) is 65.7 Å². The minimum absolute atomic E-state index is 0.0202. The Morgan fingerprint density at radius 3 is 2.54 bits per heavy atom. The monoisotopic (exact) mass is 382 g/mol. The van der Waals surface area contributed by atoms with E-state index in [-0.39, 0.29) is 13.2 Å². The molecule has 2 aromatic carbocycles. The molecule has 3 amide bonds. The molecular weight excluding hydrogens is 360 g/mol. The molecule has 0 unspecified atom stereocenters. The van der Waals surface area contributed by atoms with Crippen LogP contribution < -0.4 is 10.1 Å². The Labute approximate surface area is 163 Å². The Morgan fingerprint density at radius 1 is 1.07 bits per heavy atom. The Kier molecular flexibility index (Phi) is 5.63. The lowest BCUT2D eigenvalue weighted by Gasteiger charge is -2.21. The van der Waals surface area contributed by atoms with Crippen LogP contribution in [0.2, 0.25) is 0 Å². The topological polar surface area (TPSA) is 84.9 Å². The van der Waals surface area contributed by atoms with Gasteiger partial charge < -0.3 is 14.8 Å². The van der Waals surface area contributed by atoms with Crippen LogP contribution in [-0.2, 0) is 19.9 Å². The zero-order valence-corrected chi connectivity index (χ0v) is 15.8. The standard InChI is InChI=1S/C21H22N2O5/c1-15-7-6-10-17(13-15)27-11-12-28-18(24)14-23-19(25)21(2,22-20(23)26)16-8-4-3-5-9-16/h3-10,13H,11-12,14H2,1-2H3,(H,22,26)/t21-/m1/s1. The number of urea groups is 1. The molecule has 0 radical (unpaired) electrons. The predicted molar refractivity (Wildman–Crippen MR) is 102 cm³/mol. The van der Waals surface area contributed by atoms with Gasteiger partial charge in [-0.1, -0.05) is 42.5 Å². The van der Waals surface area contributed by atoms with E-state index >= 15 is 0 Å². The first kappa shape index (κ1) is 19.4. The fourth-order valence-corrected chi connectivity index (χ4v) is 3.00. The summed E-state index contributed by atoms with van der Waals surface area (Å²) in [7, 11) is 0. The van der Waals surface area contributed by atoms with Gasteiger partial charge in [0.15, 0.2) is 0 Å². The first-order valence-electron chi connectivity index (χ1n) is 8.95. The third-order valence-electron chi connectivity index (χ3n) is 4.52. The van der Waals surface area contributed by atoms with Crippen LogP contribution in [0.5, 0.6) is 5.75 Å². The number of nitrogens with one attached hydrogen (secondary N) is 1. The molecular formula is C21H22N2O5. The van der Waals surface area contributed by atoms with Gasteiger partial charge in [-0.25, -0.2) is 4.79 Å². The summed E-state index contributed by atoms with van der Waals surface area (Å²) in [5.41, 5.74) is 0.512. The number of esters is 1. The molecule has 1 N–H and O–H groups in total. The van der Waals surface area contributed by atoms with Crippen molar-refractivity contribution in [3.8, 4) is 5.75 Å². The first-order valence-corrected chi connectivity index (χ1v) is 8.95. The van der Waals surface area contributed by atoms with E-state index in [1.165, 1.54) is 0 Å². The van der Waals surface area contributed by atoms with Crippen molar-refractivity contribution < 1.29 is 23.9 Å². The normalized spacial score (nSPS) is 18.7. The summed E-state index contributed by atoms with van der Waals surface area (Å²) in [6.07, 6.45) is 0. The predicted octanol–water partition coefficient (Wildman–Crippen LogP) is 2.38. The maximum atomic E-state index is 12.7. The minimum Gasteiger partial charge on any atom is -0.490 e. The molecule has 0 spiro atoms. The van der Waals surface area contributed by atoms with Crippen molar-refractivity contribution in [3.63, 3.8) is 0 Å². The summed E-state index contributed by atoms with van der Waals surface area (Å²) in [4.78, 5) is 37.9. The molecule has 0 aromatic heterocycles. The van der Waals surface area contributed by atoms with Gasteiger partial charge in [-0.15, -0.1) is 0 Å². The average Bonchev–Trinajstić information content (AvgIpc) is 2.90. The second kappa shape index (κ2) is 8.12. The molecule has 1 saturated heterocycles. The lowest BCUT2D eigenvalue weighted by molar-refractivity contribution is -0.148. The van der Waals surface area contributed by atoms with Crippen molar-refractivity contribution >= 4 is 17.9 Å². The second-order valence-corrected chi connectivity index (χ2v) is 6.70. The van der Waals surface area contributed by atoms with Crippen LogP contribution in [0.4, 0.5) is 4.79 Å². The maximum absolute atomic E-state index is 12.7. The Morgan fingerprint density at radius 2 is 1.82 bits per heavy atom. The van der Waals surface area contributed by atoms with Crippen molar-refractivity contribution in [2.24, 2.45) is 0 Å². The summed E-state index contributed by atoms with van der Waals surface area (Å²) in [6.45, 7) is 3.32. The minimum atomic E-state index is -1.20. The number of ether oxygens (including phenoxy) is 2. The van der Waals surface area contributed by atoms with Crippen LogP contribution in [-0.4, -0.2) is 42.6 Å². The van der Waals surface area contributed by atoms with Gasteiger partial charge in [-0.2, -0.15) is 0 Å². The third kappa shape index (κ3) is 4.14. The molecule has 0 bridgehead atoms. The molecule has 1 aliphatic rings. The summed E-state index contributed by atoms with van der Waals surface area (Å²) < 4.78 is 10.6. The largest absolute Gasteiger partial charge is 0.490 e. The highest BCUT2D eigenvalue weighted by Crippen LogP contribution is 2.28. The zero-order chi connectivity index (χ0) is 20.1. The van der Waals surface area contributed by atoms with E-state index in [4.69, 9.17) is 9.47 Å². The van der Waals surface area contributed by atoms with Gasteiger partial charge in [-0.05, 0) is 37.1 Å². The van der Waals surface area contributed by atoms with Crippen molar-refractivity contribution in [1.82, 2.24) is 10.2 Å². The number of amides is 3. The Hall–Kier alpha value is -3.35. The van der Waals surface area contributed by atoms with Crippen molar-refractivity contribution in [1.29, 1.82) is 0 Å².